The molecular formula is C27H24N4O3. The van der Waals surface area contributed by atoms with Crippen LogP contribution < -0.4 is 15.0 Å². The highest BCUT2D eigenvalue weighted by molar-refractivity contribution is 6.01. The number of benzene rings is 3. The summed E-state index contributed by atoms with van der Waals surface area (Å²) in [5, 5.41) is 7.35. The fraction of sp³-hybridized carbons (Fsp3) is 0.148. The smallest absolute Gasteiger partial charge is 0.326 e. The van der Waals surface area contributed by atoms with Gasteiger partial charge in [-0.05, 0) is 43.7 Å². The number of para-hydroxylation sites is 1. The number of amides is 2. The van der Waals surface area contributed by atoms with Crippen molar-refractivity contribution in [1.82, 2.24) is 15.5 Å². The van der Waals surface area contributed by atoms with Crippen LogP contribution in [0.1, 0.15) is 30.0 Å². The van der Waals surface area contributed by atoms with E-state index in [0.717, 1.165) is 33.6 Å². The second kappa shape index (κ2) is 8.86. The zero-order valence-corrected chi connectivity index (χ0v) is 19.1. The van der Waals surface area contributed by atoms with Gasteiger partial charge in [-0.3, -0.25) is 4.90 Å². The van der Waals surface area contributed by atoms with Gasteiger partial charge in [0.25, 0.3) is 5.89 Å². The summed E-state index contributed by atoms with van der Waals surface area (Å²) >= 11 is 0. The van der Waals surface area contributed by atoms with Gasteiger partial charge in [0.2, 0.25) is 5.82 Å². The Labute approximate surface area is 197 Å². The Morgan fingerprint density at radius 3 is 2.47 bits per heavy atom. The number of anilines is 1. The monoisotopic (exact) mass is 452 g/mol. The summed E-state index contributed by atoms with van der Waals surface area (Å²) in [5.74, 6) is 1.50. The van der Waals surface area contributed by atoms with Crippen LogP contribution in [-0.4, -0.2) is 23.3 Å². The quantitative estimate of drug-likeness (QED) is 0.417. The maximum Gasteiger partial charge on any atom is 0.326 e. The van der Waals surface area contributed by atoms with Crippen molar-refractivity contribution in [3.05, 3.63) is 102 Å². The first-order chi connectivity index (χ1) is 16.5. The molecule has 7 nitrogen and oxygen atoms in total. The lowest BCUT2D eigenvalue weighted by Crippen LogP contribution is -2.46. The fourth-order valence-electron chi connectivity index (χ4n) is 4.13. The number of aryl methyl sites for hydroxylation is 1. The number of ether oxygens (including phenoxy) is 1. The average molecular weight is 453 g/mol. The number of hydrogen-bond acceptors (Lipinski definition) is 5. The highest BCUT2D eigenvalue weighted by atomic mass is 16.5. The Bertz CT molecular complexity index is 1360. The molecule has 7 heteroatoms. The second-order valence-electron chi connectivity index (χ2n) is 8.12. The summed E-state index contributed by atoms with van der Waals surface area (Å²) in [5.41, 5.74) is 5.07. The molecule has 0 radical (unpaired) electrons. The maximum absolute atomic E-state index is 13.2. The third kappa shape index (κ3) is 3.92. The summed E-state index contributed by atoms with van der Waals surface area (Å²) in [4.78, 5) is 19.6. The molecule has 1 aliphatic heterocycles. The number of carbonyl (C=O) groups excluding carboxylic acids is 1. The zero-order valence-electron chi connectivity index (χ0n) is 19.1. The summed E-state index contributed by atoms with van der Waals surface area (Å²) < 4.78 is 11.1. The number of methoxy groups -OCH3 is 1. The number of allylic oxidation sites excluding steroid dienone is 1. The van der Waals surface area contributed by atoms with Crippen molar-refractivity contribution >= 4 is 17.3 Å². The van der Waals surface area contributed by atoms with Gasteiger partial charge in [-0.1, -0.05) is 65.3 Å². The molecule has 4 aromatic rings. The highest BCUT2D eigenvalue weighted by Gasteiger charge is 2.36. The summed E-state index contributed by atoms with van der Waals surface area (Å²) in [6, 6.07) is 24.4. The minimum absolute atomic E-state index is 0.217. The second-order valence-corrected chi connectivity index (χ2v) is 8.12. The average Bonchev–Trinajstić information content (AvgIpc) is 3.35. The van der Waals surface area contributed by atoms with Gasteiger partial charge >= 0.3 is 6.03 Å². The van der Waals surface area contributed by atoms with Crippen LogP contribution in [-0.2, 0) is 0 Å². The Balaban J connectivity index is 1.64. The molecule has 0 saturated heterocycles. The minimum Gasteiger partial charge on any atom is -0.497 e. The molecule has 2 heterocycles. The van der Waals surface area contributed by atoms with Crippen molar-refractivity contribution in [2.24, 2.45) is 0 Å². The van der Waals surface area contributed by atoms with E-state index in [1.165, 1.54) is 0 Å². The number of nitrogens with one attached hydrogen (secondary N) is 1. The summed E-state index contributed by atoms with van der Waals surface area (Å²) in [6.07, 6.45) is 0. The Kier molecular flexibility index (Phi) is 5.59. The molecule has 5 rings (SSSR count). The van der Waals surface area contributed by atoms with Gasteiger partial charge < -0.3 is 14.6 Å². The number of aromatic nitrogens is 2. The largest absolute Gasteiger partial charge is 0.497 e. The van der Waals surface area contributed by atoms with E-state index in [0.29, 0.717) is 17.5 Å². The van der Waals surface area contributed by atoms with E-state index in [4.69, 9.17) is 14.2 Å². The van der Waals surface area contributed by atoms with Crippen molar-refractivity contribution in [3.63, 3.8) is 0 Å². The number of carbonyl (C=O) groups is 1. The van der Waals surface area contributed by atoms with Gasteiger partial charge in [-0.15, -0.1) is 0 Å². The van der Waals surface area contributed by atoms with Crippen LogP contribution >= 0.6 is 0 Å². The molecule has 0 bridgehead atoms. The van der Waals surface area contributed by atoms with E-state index < -0.39 is 6.04 Å². The lowest BCUT2D eigenvalue weighted by molar-refractivity contribution is 0.244. The van der Waals surface area contributed by atoms with Crippen molar-refractivity contribution in [3.8, 4) is 17.1 Å². The molecule has 0 fully saturated rings. The van der Waals surface area contributed by atoms with Crippen LogP contribution in [0.3, 0.4) is 0 Å². The van der Waals surface area contributed by atoms with Crippen LogP contribution in [0.5, 0.6) is 5.75 Å². The van der Waals surface area contributed by atoms with E-state index in [1.807, 2.05) is 92.7 Å². The predicted octanol–water partition coefficient (Wildman–Crippen LogP) is 5.76. The normalized spacial score (nSPS) is 15.9. The lowest BCUT2D eigenvalue weighted by Gasteiger charge is -2.35. The van der Waals surface area contributed by atoms with Gasteiger partial charge in [0.05, 0.1) is 24.4 Å². The number of hydrogen-bond donors (Lipinski definition) is 1. The van der Waals surface area contributed by atoms with E-state index >= 15 is 0 Å². The molecular weight excluding hydrogens is 428 g/mol. The molecule has 0 aliphatic carbocycles. The van der Waals surface area contributed by atoms with Gasteiger partial charge in [0, 0.05) is 11.3 Å². The first-order valence-corrected chi connectivity index (χ1v) is 11.0. The van der Waals surface area contributed by atoms with Crippen LogP contribution in [0, 0.1) is 6.92 Å². The minimum atomic E-state index is -0.438. The molecule has 1 aromatic heterocycles. The third-order valence-corrected chi connectivity index (χ3v) is 5.89. The Morgan fingerprint density at radius 1 is 0.971 bits per heavy atom. The van der Waals surface area contributed by atoms with E-state index in [2.05, 4.69) is 10.5 Å². The standard InChI is InChI=1S/C27H24N4O3/c1-17-12-14-19(15-13-17)24-23(18(2)31(27(32)28-24)21-9-5-4-6-10-21)26-29-25(30-34-26)20-8-7-11-22(16-20)33-3/h4-16,24H,1-3H3,(H,28,32). The highest BCUT2D eigenvalue weighted by Crippen LogP contribution is 2.39. The number of nitrogens with zero attached hydrogens (tertiary/aromatic N) is 3. The van der Waals surface area contributed by atoms with Crippen molar-refractivity contribution in [2.45, 2.75) is 19.9 Å². The molecule has 3 aromatic carbocycles. The molecule has 170 valence electrons. The van der Waals surface area contributed by atoms with Crippen LogP contribution in [0.2, 0.25) is 0 Å². The van der Waals surface area contributed by atoms with Gasteiger partial charge in [0.1, 0.15) is 5.75 Å². The van der Waals surface area contributed by atoms with Crippen LogP contribution in [0.25, 0.3) is 17.0 Å². The van der Waals surface area contributed by atoms with Gasteiger partial charge in [-0.2, -0.15) is 4.98 Å². The van der Waals surface area contributed by atoms with Crippen LogP contribution in [0.15, 0.2) is 89.1 Å². The van der Waals surface area contributed by atoms with Gasteiger partial charge in [0.15, 0.2) is 0 Å². The summed E-state index contributed by atoms with van der Waals surface area (Å²) in [7, 11) is 1.62. The predicted molar refractivity (Wildman–Crippen MR) is 130 cm³/mol. The van der Waals surface area contributed by atoms with Gasteiger partial charge in [-0.25, -0.2) is 4.79 Å². The Hall–Kier alpha value is -4.39. The maximum atomic E-state index is 13.2. The summed E-state index contributed by atoms with van der Waals surface area (Å²) in [6.45, 7) is 3.93. The first kappa shape index (κ1) is 21.5. The SMILES string of the molecule is COc1cccc(-c2noc(C3=C(C)N(c4ccccc4)C(=O)NC3c3ccc(C)cc3)n2)c1. The molecule has 1 atom stereocenters. The number of rotatable bonds is 5. The number of urea groups is 1. The Morgan fingerprint density at radius 2 is 1.74 bits per heavy atom. The van der Waals surface area contributed by atoms with Crippen molar-refractivity contribution in [1.29, 1.82) is 0 Å². The third-order valence-electron chi connectivity index (χ3n) is 5.89. The molecule has 2 amide bonds. The zero-order chi connectivity index (χ0) is 23.7. The van der Waals surface area contributed by atoms with Crippen molar-refractivity contribution < 1.29 is 14.1 Å². The van der Waals surface area contributed by atoms with Crippen molar-refractivity contribution in [2.75, 3.05) is 12.0 Å². The van der Waals surface area contributed by atoms with Crippen LogP contribution in [0.4, 0.5) is 10.5 Å². The van der Waals surface area contributed by atoms with E-state index in [-0.39, 0.29) is 6.03 Å². The first-order valence-electron chi connectivity index (χ1n) is 11.0. The molecule has 1 unspecified atom stereocenters. The fourth-order valence-corrected chi connectivity index (χ4v) is 4.13. The molecule has 1 N–H and O–H groups in total. The van der Waals surface area contributed by atoms with E-state index in [1.54, 1.807) is 12.0 Å². The molecule has 0 saturated carbocycles. The molecule has 1 aliphatic rings. The molecule has 0 spiro atoms. The van der Waals surface area contributed by atoms with E-state index in [9.17, 15) is 4.79 Å². The molecule has 34 heavy (non-hydrogen) atoms. The lowest BCUT2D eigenvalue weighted by atomic mass is 9.94. The topological polar surface area (TPSA) is 80.5 Å².